The molecular weight excluding hydrogens is 419 g/mol. The summed E-state index contributed by atoms with van der Waals surface area (Å²) in [6, 6.07) is 3.81. The molecule has 4 N–H and O–H groups in total. The highest BCUT2D eigenvalue weighted by atomic mass is 127. The van der Waals surface area contributed by atoms with E-state index in [4.69, 9.17) is 10.2 Å². The SMILES string of the molecule is CCCC1CCC(NC(=NC)NCc2ccc(C(N)=O)o2)CC1.I. The second kappa shape index (κ2) is 10.6. The molecule has 0 radical (unpaired) electrons. The first-order chi connectivity index (χ1) is 11.1. The zero-order chi connectivity index (χ0) is 16.7. The summed E-state index contributed by atoms with van der Waals surface area (Å²) in [5.41, 5.74) is 5.18. The van der Waals surface area contributed by atoms with Crippen molar-refractivity contribution in [1.82, 2.24) is 10.6 Å². The van der Waals surface area contributed by atoms with Gasteiger partial charge >= 0.3 is 0 Å². The Hall–Kier alpha value is -1.25. The Morgan fingerprint density at radius 3 is 2.58 bits per heavy atom. The highest BCUT2D eigenvalue weighted by Crippen LogP contribution is 2.27. The van der Waals surface area contributed by atoms with Crippen molar-refractivity contribution in [2.45, 2.75) is 58.0 Å². The minimum atomic E-state index is -0.553. The molecule has 1 aliphatic rings. The fourth-order valence-electron chi connectivity index (χ4n) is 3.17. The van der Waals surface area contributed by atoms with Crippen LogP contribution < -0.4 is 16.4 Å². The summed E-state index contributed by atoms with van der Waals surface area (Å²) in [7, 11) is 1.76. The Morgan fingerprint density at radius 2 is 2.04 bits per heavy atom. The third-order valence-electron chi connectivity index (χ3n) is 4.44. The summed E-state index contributed by atoms with van der Waals surface area (Å²) in [4.78, 5) is 15.3. The van der Waals surface area contributed by atoms with Gasteiger partial charge in [-0.15, -0.1) is 24.0 Å². The van der Waals surface area contributed by atoms with Gasteiger partial charge in [0.2, 0.25) is 0 Å². The maximum Gasteiger partial charge on any atom is 0.284 e. The average molecular weight is 448 g/mol. The van der Waals surface area contributed by atoms with Crippen molar-refractivity contribution in [3.8, 4) is 0 Å². The lowest BCUT2D eigenvalue weighted by Gasteiger charge is -2.30. The summed E-state index contributed by atoms with van der Waals surface area (Å²) < 4.78 is 5.35. The molecule has 24 heavy (non-hydrogen) atoms. The summed E-state index contributed by atoms with van der Waals surface area (Å²) >= 11 is 0. The molecule has 0 atom stereocenters. The van der Waals surface area contributed by atoms with Gasteiger partial charge in [0, 0.05) is 13.1 Å². The van der Waals surface area contributed by atoms with Crippen molar-refractivity contribution in [3.05, 3.63) is 23.7 Å². The third-order valence-corrected chi connectivity index (χ3v) is 4.44. The van der Waals surface area contributed by atoms with Gasteiger partial charge in [0.1, 0.15) is 5.76 Å². The molecule has 1 aliphatic carbocycles. The van der Waals surface area contributed by atoms with Crippen molar-refractivity contribution >= 4 is 35.8 Å². The number of nitrogens with one attached hydrogen (secondary N) is 2. The third kappa shape index (κ3) is 6.33. The van der Waals surface area contributed by atoms with E-state index in [1.165, 1.54) is 38.5 Å². The van der Waals surface area contributed by atoms with Gasteiger partial charge in [0.05, 0.1) is 6.54 Å². The van der Waals surface area contributed by atoms with Crippen LogP contribution in [0.15, 0.2) is 21.5 Å². The Morgan fingerprint density at radius 1 is 1.33 bits per heavy atom. The minimum absolute atomic E-state index is 0. The second-order valence-electron chi connectivity index (χ2n) is 6.21. The van der Waals surface area contributed by atoms with E-state index in [9.17, 15) is 4.79 Å². The van der Waals surface area contributed by atoms with Crippen LogP contribution in [0.5, 0.6) is 0 Å². The first-order valence-corrected chi connectivity index (χ1v) is 8.48. The molecule has 0 bridgehead atoms. The Kier molecular flexibility index (Phi) is 9.17. The molecule has 7 heteroatoms. The first-order valence-electron chi connectivity index (χ1n) is 8.48. The number of amides is 1. The van der Waals surface area contributed by atoms with Crippen LogP contribution in [0.4, 0.5) is 0 Å². The summed E-state index contributed by atoms with van der Waals surface area (Å²) in [5.74, 6) is 1.94. The topological polar surface area (TPSA) is 92.6 Å². The highest BCUT2D eigenvalue weighted by molar-refractivity contribution is 14.0. The number of guanidine groups is 1. The van der Waals surface area contributed by atoms with E-state index in [0.29, 0.717) is 18.3 Å². The van der Waals surface area contributed by atoms with E-state index in [-0.39, 0.29) is 29.7 Å². The zero-order valence-corrected chi connectivity index (χ0v) is 16.8. The van der Waals surface area contributed by atoms with Gasteiger partial charge in [-0.3, -0.25) is 9.79 Å². The molecule has 0 unspecified atom stereocenters. The quantitative estimate of drug-likeness (QED) is 0.355. The standard InChI is InChI=1S/C17H28N4O2.HI/c1-3-4-12-5-7-13(8-6-12)21-17(19-2)20-11-14-9-10-15(23-14)16(18)22;/h9-10,12-13H,3-8,11H2,1-2H3,(H2,18,22)(H2,19,20,21);1H. The van der Waals surface area contributed by atoms with Crippen LogP contribution >= 0.6 is 24.0 Å². The fraction of sp³-hybridized carbons (Fsp3) is 0.647. The molecule has 2 rings (SSSR count). The van der Waals surface area contributed by atoms with Gasteiger partial charge < -0.3 is 20.8 Å². The van der Waals surface area contributed by atoms with Crippen LogP contribution in [0.3, 0.4) is 0 Å². The van der Waals surface area contributed by atoms with Crippen molar-refractivity contribution in [1.29, 1.82) is 0 Å². The summed E-state index contributed by atoms with van der Waals surface area (Å²) in [6.45, 7) is 2.73. The Balaban J connectivity index is 0.00000288. The number of rotatable bonds is 6. The van der Waals surface area contributed by atoms with Crippen molar-refractivity contribution in [3.63, 3.8) is 0 Å². The number of carbonyl (C=O) groups excluding carboxylic acids is 1. The highest BCUT2D eigenvalue weighted by Gasteiger charge is 2.21. The van der Waals surface area contributed by atoms with E-state index in [1.54, 1.807) is 19.2 Å². The molecule has 1 heterocycles. The fourth-order valence-corrected chi connectivity index (χ4v) is 3.17. The monoisotopic (exact) mass is 448 g/mol. The van der Waals surface area contributed by atoms with Crippen LogP contribution in [0.2, 0.25) is 0 Å². The van der Waals surface area contributed by atoms with E-state index in [1.807, 2.05) is 0 Å². The predicted molar refractivity (Wildman–Crippen MR) is 107 cm³/mol. The van der Waals surface area contributed by atoms with Crippen LogP contribution in [0, 0.1) is 5.92 Å². The maximum atomic E-state index is 11.0. The summed E-state index contributed by atoms with van der Waals surface area (Å²) in [5, 5.41) is 6.69. The Labute approximate surface area is 161 Å². The van der Waals surface area contributed by atoms with Crippen molar-refractivity contribution in [2.75, 3.05) is 7.05 Å². The number of aliphatic imine (C=N–C) groups is 1. The number of hydrogen-bond acceptors (Lipinski definition) is 3. The summed E-state index contributed by atoms with van der Waals surface area (Å²) in [6.07, 6.45) is 7.60. The van der Waals surface area contributed by atoms with Gasteiger partial charge in [0.25, 0.3) is 5.91 Å². The lowest BCUT2D eigenvalue weighted by atomic mass is 9.83. The van der Waals surface area contributed by atoms with Gasteiger partial charge in [-0.05, 0) is 43.7 Å². The zero-order valence-electron chi connectivity index (χ0n) is 14.5. The number of nitrogens with two attached hydrogens (primary N) is 1. The van der Waals surface area contributed by atoms with Crippen molar-refractivity contribution in [2.24, 2.45) is 16.6 Å². The maximum absolute atomic E-state index is 11.0. The van der Waals surface area contributed by atoms with Gasteiger partial charge in [-0.2, -0.15) is 0 Å². The molecule has 0 aliphatic heterocycles. The molecule has 1 aromatic heterocycles. The number of nitrogens with zero attached hydrogens (tertiary/aromatic N) is 1. The smallest absolute Gasteiger partial charge is 0.284 e. The number of carbonyl (C=O) groups is 1. The molecule has 136 valence electrons. The molecule has 1 saturated carbocycles. The lowest BCUT2D eigenvalue weighted by molar-refractivity contribution is 0.0972. The normalized spacial score (nSPS) is 21.0. The number of hydrogen-bond donors (Lipinski definition) is 3. The van der Waals surface area contributed by atoms with Crippen LogP contribution in [0.25, 0.3) is 0 Å². The largest absolute Gasteiger partial charge is 0.454 e. The van der Waals surface area contributed by atoms with Gasteiger partial charge in [-0.25, -0.2) is 0 Å². The van der Waals surface area contributed by atoms with Gasteiger partial charge in [-0.1, -0.05) is 19.8 Å². The van der Waals surface area contributed by atoms with Crippen LogP contribution in [0.1, 0.15) is 61.8 Å². The number of halogens is 1. The first kappa shape index (κ1) is 20.8. The average Bonchev–Trinajstić information content (AvgIpc) is 3.02. The predicted octanol–water partition coefficient (Wildman–Crippen LogP) is 3.02. The molecular formula is C17H29IN4O2. The second-order valence-corrected chi connectivity index (χ2v) is 6.21. The van der Waals surface area contributed by atoms with E-state index in [2.05, 4.69) is 22.5 Å². The number of furan rings is 1. The molecule has 1 aromatic rings. The molecule has 0 spiro atoms. The molecule has 1 amide bonds. The van der Waals surface area contributed by atoms with Crippen molar-refractivity contribution < 1.29 is 9.21 Å². The van der Waals surface area contributed by atoms with Crippen LogP contribution in [-0.4, -0.2) is 25.0 Å². The lowest BCUT2D eigenvalue weighted by Crippen LogP contribution is -2.44. The molecule has 0 aromatic carbocycles. The molecule has 0 saturated heterocycles. The van der Waals surface area contributed by atoms with Crippen LogP contribution in [-0.2, 0) is 6.54 Å². The minimum Gasteiger partial charge on any atom is -0.454 e. The van der Waals surface area contributed by atoms with E-state index in [0.717, 1.165) is 11.9 Å². The van der Waals surface area contributed by atoms with E-state index < -0.39 is 5.91 Å². The number of primary amides is 1. The van der Waals surface area contributed by atoms with Gasteiger partial charge in [0.15, 0.2) is 11.7 Å². The molecule has 6 nitrogen and oxygen atoms in total. The molecule has 1 fully saturated rings. The van der Waals surface area contributed by atoms with E-state index >= 15 is 0 Å². The Bertz CT molecular complexity index is 536.